The van der Waals surface area contributed by atoms with Gasteiger partial charge in [0, 0.05) is 30.5 Å². The number of hydrogen-bond acceptors (Lipinski definition) is 7. The van der Waals surface area contributed by atoms with Gasteiger partial charge in [0.05, 0.1) is 12.6 Å². The van der Waals surface area contributed by atoms with Gasteiger partial charge in [-0.25, -0.2) is 9.59 Å². The molecule has 0 spiro atoms. The first kappa shape index (κ1) is 17.3. The molecule has 9 heteroatoms. The number of urea groups is 1. The molecule has 0 bridgehead atoms. The summed E-state index contributed by atoms with van der Waals surface area (Å²) < 4.78 is 8.68. The number of piperidine rings is 1. The number of esters is 1. The van der Waals surface area contributed by atoms with Gasteiger partial charge in [-0.15, -0.1) is 5.10 Å². The lowest BCUT2D eigenvalue weighted by Gasteiger charge is -2.35. The van der Waals surface area contributed by atoms with Crippen LogP contribution in [0.3, 0.4) is 0 Å². The average Bonchev–Trinajstić information content (AvgIpc) is 3.11. The Morgan fingerprint density at radius 3 is 3.08 bits per heavy atom. The van der Waals surface area contributed by atoms with Crippen molar-refractivity contribution in [3.63, 3.8) is 0 Å². The average molecular weight is 361 g/mol. The van der Waals surface area contributed by atoms with Crippen LogP contribution in [0.1, 0.15) is 48.3 Å². The Balaban J connectivity index is 1.76. The zero-order valence-electron chi connectivity index (χ0n) is 13.8. The highest BCUT2D eigenvalue weighted by molar-refractivity contribution is 7.10. The Hall–Kier alpha value is -2.55. The second-order valence-electron chi connectivity index (χ2n) is 5.59. The highest BCUT2D eigenvalue weighted by Crippen LogP contribution is 2.31. The first-order chi connectivity index (χ1) is 12.2. The molecule has 0 aromatic carbocycles. The molecule has 1 N–H and O–H groups in total. The lowest BCUT2D eigenvalue weighted by molar-refractivity contribution is 0.0520. The summed E-state index contributed by atoms with van der Waals surface area (Å²) in [5.74, 6) is -0.589. The monoisotopic (exact) mass is 361 g/mol. The second-order valence-corrected chi connectivity index (χ2v) is 6.35. The number of pyridine rings is 1. The van der Waals surface area contributed by atoms with E-state index in [9.17, 15) is 9.59 Å². The fraction of sp³-hybridized carbons (Fsp3) is 0.438. The number of likely N-dealkylation sites (tertiary alicyclic amines) is 1. The van der Waals surface area contributed by atoms with Gasteiger partial charge in [0.25, 0.3) is 0 Å². The fourth-order valence-electron chi connectivity index (χ4n) is 2.87. The minimum absolute atomic E-state index is 0.0330. The second kappa shape index (κ2) is 8.02. The van der Waals surface area contributed by atoms with Crippen molar-refractivity contribution in [2.45, 2.75) is 32.2 Å². The molecule has 3 rings (SSSR count). The Labute approximate surface area is 149 Å². The SMILES string of the molecule is CCOC(=O)c1nnsc1NC(=O)N1CCCC[C@@H]1c1cccnc1. The Morgan fingerprint density at radius 1 is 1.44 bits per heavy atom. The summed E-state index contributed by atoms with van der Waals surface area (Å²) in [6.07, 6.45) is 6.38. The molecule has 1 fully saturated rings. The molecular formula is C16H19N5O3S. The van der Waals surface area contributed by atoms with Gasteiger partial charge in [-0.1, -0.05) is 10.6 Å². The van der Waals surface area contributed by atoms with Crippen LogP contribution in [0.15, 0.2) is 24.5 Å². The zero-order valence-corrected chi connectivity index (χ0v) is 14.7. The smallest absolute Gasteiger partial charge is 0.362 e. The molecule has 8 nitrogen and oxygen atoms in total. The Kier molecular flexibility index (Phi) is 5.54. The molecule has 1 saturated heterocycles. The van der Waals surface area contributed by atoms with E-state index in [2.05, 4.69) is 19.9 Å². The molecule has 0 unspecified atom stereocenters. The van der Waals surface area contributed by atoms with E-state index in [0.29, 0.717) is 11.5 Å². The third-order valence-electron chi connectivity index (χ3n) is 4.01. The number of carbonyl (C=O) groups excluding carboxylic acids is 2. The summed E-state index contributed by atoms with van der Waals surface area (Å²) in [5, 5.41) is 6.82. The molecule has 1 aliphatic rings. The van der Waals surface area contributed by atoms with E-state index in [-0.39, 0.29) is 24.4 Å². The highest BCUT2D eigenvalue weighted by atomic mass is 32.1. The van der Waals surface area contributed by atoms with Crippen LogP contribution < -0.4 is 5.32 Å². The van der Waals surface area contributed by atoms with E-state index in [1.165, 1.54) is 0 Å². The van der Waals surface area contributed by atoms with Crippen molar-refractivity contribution in [3.05, 3.63) is 35.8 Å². The van der Waals surface area contributed by atoms with Crippen molar-refractivity contribution in [3.8, 4) is 0 Å². The van der Waals surface area contributed by atoms with Gasteiger partial charge in [-0.3, -0.25) is 10.3 Å². The van der Waals surface area contributed by atoms with Crippen LogP contribution in [0.25, 0.3) is 0 Å². The summed E-state index contributed by atoms with van der Waals surface area (Å²) in [6.45, 7) is 2.59. The van der Waals surface area contributed by atoms with E-state index in [4.69, 9.17) is 4.74 Å². The minimum Gasteiger partial charge on any atom is -0.461 e. The van der Waals surface area contributed by atoms with Gasteiger partial charge in [-0.05, 0) is 37.8 Å². The number of nitrogens with zero attached hydrogens (tertiary/aromatic N) is 4. The number of carbonyl (C=O) groups is 2. The number of amides is 2. The van der Waals surface area contributed by atoms with Crippen molar-refractivity contribution in [1.82, 2.24) is 19.5 Å². The molecule has 3 heterocycles. The van der Waals surface area contributed by atoms with Crippen molar-refractivity contribution in [1.29, 1.82) is 0 Å². The van der Waals surface area contributed by atoms with Crippen molar-refractivity contribution in [2.75, 3.05) is 18.5 Å². The fourth-order valence-corrected chi connectivity index (χ4v) is 3.42. The summed E-state index contributed by atoms with van der Waals surface area (Å²) in [4.78, 5) is 30.6. The maximum atomic E-state index is 12.8. The molecule has 2 aromatic rings. The molecule has 132 valence electrons. The van der Waals surface area contributed by atoms with Gasteiger partial charge in [0.2, 0.25) is 5.69 Å². The van der Waals surface area contributed by atoms with E-state index >= 15 is 0 Å². The molecule has 2 amide bonds. The van der Waals surface area contributed by atoms with E-state index < -0.39 is 5.97 Å². The number of nitrogens with one attached hydrogen (secondary N) is 1. The topological polar surface area (TPSA) is 97.3 Å². The van der Waals surface area contributed by atoms with Gasteiger partial charge in [0.1, 0.15) is 0 Å². The third kappa shape index (κ3) is 3.93. The predicted molar refractivity (Wildman–Crippen MR) is 92.4 cm³/mol. The van der Waals surface area contributed by atoms with Crippen LogP contribution in [-0.4, -0.2) is 44.6 Å². The maximum Gasteiger partial charge on any atom is 0.362 e. The molecule has 1 aliphatic heterocycles. The van der Waals surface area contributed by atoms with E-state index in [1.807, 2.05) is 12.1 Å². The third-order valence-corrected chi connectivity index (χ3v) is 4.65. The molecule has 0 aliphatic carbocycles. The number of ether oxygens (including phenoxy) is 1. The minimum atomic E-state index is -0.589. The Bertz CT molecular complexity index is 736. The molecule has 0 radical (unpaired) electrons. The van der Waals surface area contributed by atoms with Crippen LogP contribution in [0.5, 0.6) is 0 Å². The predicted octanol–water partition coefficient (Wildman–Crippen LogP) is 2.87. The van der Waals surface area contributed by atoms with Crippen LogP contribution in [0.4, 0.5) is 9.80 Å². The number of aromatic nitrogens is 3. The molecule has 1 atom stereocenters. The lowest BCUT2D eigenvalue weighted by Crippen LogP contribution is -2.41. The molecule has 0 saturated carbocycles. The molecule has 2 aromatic heterocycles. The zero-order chi connectivity index (χ0) is 17.6. The number of anilines is 1. The molecular weight excluding hydrogens is 342 g/mol. The van der Waals surface area contributed by atoms with Gasteiger partial charge in [-0.2, -0.15) is 0 Å². The van der Waals surface area contributed by atoms with Crippen LogP contribution >= 0.6 is 11.5 Å². The quantitative estimate of drug-likeness (QED) is 0.841. The van der Waals surface area contributed by atoms with Crippen molar-refractivity contribution in [2.24, 2.45) is 0 Å². The van der Waals surface area contributed by atoms with Gasteiger partial charge >= 0.3 is 12.0 Å². The van der Waals surface area contributed by atoms with Crippen LogP contribution in [0, 0.1) is 0 Å². The van der Waals surface area contributed by atoms with Crippen molar-refractivity contribution >= 4 is 28.5 Å². The van der Waals surface area contributed by atoms with Crippen molar-refractivity contribution < 1.29 is 14.3 Å². The van der Waals surface area contributed by atoms with Crippen LogP contribution in [-0.2, 0) is 4.74 Å². The van der Waals surface area contributed by atoms with Gasteiger partial charge < -0.3 is 9.64 Å². The van der Waals surface area contributed by atoms with E-state index in [1.54, 1.807) is 24.2 Å². The van der Waals surface area contributed by atoms with E-state index in [0.717, 1.165) is 36.4 Å². The van der Waals surface area contributed by atoms with Gasteiger partial charge in [0.15, 0.2) is 5.00 Å². The van der Waals surface area contributed by atoms with Crippen LogP contribution in [0.2, 0.25) is 0 Å². The standard InChI is InChI=1S/C16H19N5O3S/c1-2-24-15(22)13-14(25-20-19-13)18-16(23)21-9-4-3-7-12(21)11-6-5-8-17-10-11/h5-6,8,10,12H,2-4,7,9H2,1H3,(H,18,23)/t12-/m1/s1. The summed E-state index contributed by atoms with van der Waals surface area (Å²) in [5.41, 5.74) is 1.04. The number of rotatable bonds is 4. The first-order valence-corrected chi connectivity index (χ1v) is 8.95. The summed E-state index contributed by atoms with van der Waals surface area (Å²) in [6, 6.07) is 3.53. The largest absolute Gasteiger partial charge is 0.461 e. The first-order valence-electron chi connectivity index (χ1n) is 8.17. The number of hydrogen-bond donors (Lipinski definition) is 1. The molecule has 25 heavy (non-hydrogen) atoms. The highest BCUT2D eigenvalue weighted by Gasteiger charge is 2.29. The summed E-state index contributed by atoms with van der Waals surface area (Å²) in [7, 11) is 0. The summed E-state index contributed by atoms with van der Waals surface area (Å²) >= 11 is 0.960. The normalized spacial score (nSPS) is 17.2. The Morgan fingerprint density at radius 2 is 2.32 bits per heavy atom. The maximum absolute atomic E-state index is 12.8. The lowest BCUT2D eigenvalue weighted by atomic mass is 9.97.